The number of hydrogen-bond acceptors (Lipinski definition) is 3. The molecule has 0 spiro atoms. The molecule has 0 aromatic heterocycles. The summed E-state index contributed by atoms with van der Waals surface area (Å²) in [6.07, 6.45) is 2.30. The van der Waals surface area contributed by atoms with Gasteiger partial charge < -0.3 is 14.7 Å². The van der Waals surface area contributed by atoms with E-state index in [0.717, 1.165) is 6.42 Å². The molecule has 108 valence electrons. The van der Waals surface area contributed by atoms with Crippen molar-refractivity contribution in [2.45, 2.75) is 39.2 Å². The van der Waals surface area contributed by atoms with E-state index in [1.165, 1.54) is 0 Å². The third-order valence-electron chi connectivity index (χ3n) is 4.34. The number of carboxylic acid groups (broad SMARTS) is 1. The van der Waals surface area contributed by atoms with Gasteiger partial charge in [-0.3, -0.25) is 9.59 Å². The van der Waals surface area contributed by atoms with Crippen LogP contribution >= 0.6 is 0 Å². The first-order valence-corrected chi connectivity index (χ1v) is 7.16. The Bertz CT molecular complexity index is 357. The van der Waals surface area contributed by atoms with Gasteiger partial charge in [0.2, 0.25) is 5.91 Å². The van der Waals surface area contributed by atoms with Gasteiger partial charge in [-0.15, -0.1) is 0 Å². The van der Waals surface area contributed by atoms with E-state index in [9.17, 15) is 14.7 Å². The molecule has 4 atom stereocenters. The molecule has 0 aromatic rings. The minimum Gasteiger partial charge on any atom is -0.481 e. The summed E-state index contributed by atoms with van der Waals surface area (Å²) in [5.41, 5.74) is 0. The molecule has 0 bridgehead atoms. The van der Waals surface area contributed by atoms with E-state index in [1.54, 1.807) is 4.90 Å². The molecule has 1 N–H and O–H groups in total. The summed E-state index contributed by atoms with van der Waals surface area (Å²) in [7, 11) is 0. The van der Waals surface area contributed by atoms with Gasteiger partial charge in [0.25, 0.3) is 0 Å². The first-order valence-electron chi connectivity index (χ1n) is 7.16. The van der Waals surface area contributed by atoms with Crippen LogP contribution in [0.3, 0.4) is 0 Å². The van der Waals surface area contributed by atoms with Crippen molar-refractivity contribution in [2.24, 2.45) is 17.8 Å². The first-order chi connectivity index (χ1) is 9.02. The number of carboxylic acids is 1. The molecule has 2 aliphatic rings. The fraction of sp³-hybridized carbons (Fsp3) is 0.857. The Balaban J connectivity index is 2.03. The number of rotatable bonds is 3. The molecule has 19 heavy (non-hydrogen) atoms. The third-order valence-corrected chi connectivity index (χ3v) is 4.34. The SMILES string of the molecule is CCC1CN(C(=O)C2CC(C)CC2C(=O)O)CCO1. The maximum atomic E-state index is 12.5. The number of aliphatic carboxylic acids is 1. The van der Waals surface area contributed by atoms with Crippen LogP contribution in [0.15, 0.2) is 0 Å². The zero-order chi connectivity index (χ0) is 14.0. The number of hydrogen-bond donors (Lipinski definition) is 1. The summed E-state index contributed by atoms with van der Waals surface area (Å²) in [6.45, 7) is 5.82. The van der Waals surface area contributed by atoms with E-state index in [4.69, 9.17) is 4.74 Å². The first kappa shape index (κ1) is 14.3. The van der Waals surface area contributed by atoms with E-state index in [0.29, 0.717) is 38.5 Å². The van der Waals surface area contributed by atoms with Crippen molar-refractivity contribution in [2.75, 3.05) is 19.7 Å². The van der Waals surface area contributed by atoms with Gasteiger partial charge in [0.15, 0.2) is 0 Å². The Morgan fingerprint density at radius 2 is 2.00 bits per heavy atom. The van der Waals surface area contributed by atoms with E-state index in [1.807, 2.05) is 13.8 Å². The fourth-order valence-corrected chi connectivity index (χ4v) is 3.24. The van der Waals surface area contributed by atoms with Crippen molar-refractivity contribution in [3.63, 3.8) is 0 Å². The van der Waals surface area contributed by atoms with Gasteiger partial charge in [0.05, 0.1) is 24.5 Å². The van der Waals surface area contributed by atoms with Crippen LogP contribution in [0, 0.1) is 17.8 Å². The highest BCUT2D eigenvalue weighted by Gasteiger charge is 2.43. The largest absolute Gasteiger partial charge is 0.481 e. The molecule has 5 heteroatoms. The molecule has 4 unspecified atom stereocenters. The lowest BCUT2D eigenvalue weighted by atomic mass is 9.94. The van der Waals surface area contributed by atoms with E-state index < -0.39 is 11.9 Å². The van der Waals surface area contributed by atoms with Crippen LogP contribution in [0.25, 0.3) is 0 Å². The van der Waals surface area contributed by atoms with Crippen LogP contribution in [0.4, 0.5) is 0 Å². The Kier molecular flexibility index (Phi) is 4.45. The van der Waals surface area contributed by atoms with Gasteiger partial charge in [-0.25, -0.2) is 0 Å². The summed E-state index contributed by atoms with van der Waals surface area (Å²) in [6, 6.07) is 0. The molecule has 1 heterocycles. The monoisotopic (exact) mass is 269 g/mol. The summed E-state index contributed by atoms with van der Waals surface area (Å²) in [4.78, 5) is 25.6. The minimum absolute atomic E-state index is 0.0125. The molecular weight excluding hydrogens is 246 g/mol. The number of ether oxygens (including phenoxy) is 1. The summed E-state index contributed by atoms with van der Waals surface area (Å²) >= 11 is 0. The van der Waals surface area contributed by atoms with Gasteiger partial charge in [0.1, 0.15) is 0 Å². The quantitative estimate of drug-likeness (QED) is 0.840. The molecule has 2 rings (SSSR count). The normalized spacial score (nSPS) is 35.4. The minimum atomic E-state index is -0.831. The van der Waals surface area contributed by atoms with E-state index in [-0.39, 0.29) is 17.9 Å². The zero-order valence-electron chi connectivity index (χ0n) is 11.7. The van der Waals surface area contributed by atoms with Crippen molar-refractivity contribution in [1.82, 2.24) is 4.90 Å². The van der Waals surface area contributed by atoms with Crippen LogP contribution in [-0.2, 0) is 14.3 Å². The lowest BCUT2D eigenvalue weighted by Gasteiger charge is -2.34. The van der Waals surface area contributed by atoms with Crippen LogP contribution < -0.4 is 0 Å². The smallest absolute Gasteiger partial charge is 0.307 e. The molecule has 5 nitrogen and oxygen atoms in total. The van der Waals surface area contributed by atoms with Crippen LogP contribution in [0.1, 0.15) is 33.1 Å². The van der Waals surface area contributed by atoms with Crippen molar-refractivity contribution in [3.8, 4) is 0 Å². The molecule has 0 aromatic carbocycles. The Labute approximate surface area is 113 Å². The number of nitrogens with zero attached hydrogens (tertiary/aromatic N) is 1. The molecule has 1 saturated heterocycles. The van der Waals surface area contributed by atoms with Crippen molar-refractivity contribution >= 4 is 11.9 Å². The molecule has 2 fully saturated rings. The second kappa shape index (κ2) is 5.90. The Morgan fingerprint density at radius 1 is 1.32 bits per heavy atom. The van der Waals surface area contributed by atoms with E-state index in [2.05, 4.69) is 0 Å². The highest BCUT2D eigenvalue weighted by Crippen LogP contribution is 2.37. The second-order valence-electron chi connectivity index (χ2n) is 5.81. The number of morpholine rings is 1. The third kappa shape index (κ3) is 3.08. The zero-order valence-corrected chi connectivity index (χ0v) is 11.7. The van der Waals surface area contributed by atoms with Gasteiger partial charge in [-0.1, -0.05) is 13.8 Å². The lowest BCUT2D eigenvalue weighted by molar-refractivity contribution is -0.152. The van der Waals surface area contributed by atoms with Gasteiger partial charge >= 0.3 is 5.97 Å². The van der Waals surface area contributed by atoms with Gasteiger partial charge in [-0.05, 0) is 25.2 Å². The van der Waals surface area contributed by atoms with Crippen LogP contribution in [0.2, 0.25) is 0 Å². The Morgan fingerprint density at radius 3 is 2.63 bits per heavy atom. The summed E-state index contributed by atoms with van der Waals surface area (Å²) in [5, 5.41) is 9.25. The molecule has 1 amide bonds. The van der Waals surface area contributed by atoms with Crippen molar-refractivity contribution in [3.05, 3.63) is 0 Å². The van der Waals surface area contributed by atoms with Gasteiger partial charge in [0, 0.05) is 13.1 Å². The standard InChI is InChI=1S/C14H23NO4/c1-3-10-8-15(4-5-19-10)13(16)11-6-9(2)7-12(11)14(17)18/h9-12H,3-8H2,1-2H3,(H,17,18). The molecule has 1 aliphatic heterocycles. The second-order valence-corrected chi connectivity index (χ2v) is 5.81. The highest BCUT2D eigenvalue weighted by molar-refractivity contribution is 5.85. The van der Waals surface area contributed by atoms with E-state index >= 15 is 0 Å². The predicted octanol–water partition coefficient (Wildman–Crippen LogP) is 1.37. The Hall–Kier alpha value is -1.10. The lowest BCUT2D eigenvalue weighted by Crippen LogP contribution is -2.48. The molecule has 1 saturated carbocycles. The van der Waals surface area contributed by atoms with Crippen molar-refractivity contribution in [1.29, 1.82) is 0 Å². The fourth-order valence-electron chi connectivity index (χ4n) is 3.24. The number of carbonyl (C=O) groups is 2. The van der Waals surface area contributed by atoms with Crippen molar-refractivity contribution < 1.29 is 19.4 Å². The summed E-state index contributed by atoms with van der Waals surface area (Å²) < 4.78 is 5.56. The number of amides is 1. The summed E-state index contributed by atoms with van der Waals surface area (Å²) in [5.74, 6) is -1.35. The maximum absolute atomic E-state index is 12.5. The molecule has 0 radical (unpaired) electrons. The maximum Gasteiger partial charge on any atom is 0.307 e. The predicted molar refractivity (Wildman–Crippen MR) is 69.6 cm³/mol. The topological polar surface area (TPSA) is 66.8 Å². The molecular formula is C14H23NO4. The highest BCUT2D eigenvalue weighted by atomic mass is 16.5. The average molecular weight is 269 g/mol. The van der Waals surface area contributed by atoms with Crippen LogP contribution in [0.5, 0.6) is 0 Å². The van der Waals surface area contributed by atoms with Crippen LogP contribution in [-0.4, -0.2) is 47.7 Å². The average Bonchev–Trinajstić information content (AvgIpc) is 2.80. The number of carbonyl (C=O) groups excluding carboxylic acids is 1. The van der Waals surface area contributed by atoms with Gasteiger partial charge in [-0.2, -0.15) is 0 Å². The molecule has 1 aliphatic carbocycles.